The Bertz CT molecular complexity index is 797. The SMILES string of the molecule is COC(=O)CCCCOc1ccccc1NCC(=O)c1ccc(Cl)c(Br)c1. The average molecular weight is 455 g/mol. The number of esters is 1. The van der Waals surface area contributed by atoms with Crippen LogP contribution in [0.4, 0.5) is 5.69 Å². The number of ether oxygens (including phenoxy) is 2. The van der Waals surface area contributed by atoms with Gasteiger partial charge < -0.3 is 14.8 Å². The van der Waals surface area contributed by atoms with Gasteiger partial charge in [-0.25, -0.2) is 0 Å². The van der Waals surface area contributed by atoms with E-state index in [1.165, 1.54) is 7.11 Å². The van der Waals surface area contributed by atoms with E-state index in [0.717, 1.165) is 12.1 Å². The largest absolute Gasteiger partial charge is 0.491 e. The number of carbonyl (C=O) groups excluding carboxylic acids is 2. The van der Waals surface area contributed by atoms with E-state index in [-0.39, 0.29) is 18.3 Å². The minimum atomic E-state index is -0.218. The summed E-state index contributed by atoms with van der Waals surface area (Å²) < 4.78 is 11.1. The maximum atomic E-state index is 12.4. The second kappa shape index (κ2) is 10.9. The van der Waals surface area contributed by atoms with E-state index in [0.29, 0.717) is 40.3 Å². The molecule has 0 unspecified atom stereocenters. The van der Waals surface area contributed by atoms with E-state index < -0.39 is 0 Å². The fraction of sp³-hybridized carbons (Fsp3) is 0.300. The molecule has 0 radical (unpaired) electrons. The van der Waals surface area contributed by atoms with Crippen molar-refractivity contribution in [2.24, 2.45) is 0 Å². The maximum absolute atomic E-state index is 12.4. The molecule has 0 amide bonds. The minimum Gasteiger partial charge on any atom is -0.491 e. The summed E-state index contributed by atoms with van der Waals surface area (Å²) in [4.78, 5) is 23.5. The second-order valence-corrected chi connectivity index (χ2v) is 7.05. The standard InChI is InChI=1S/C20H21BrClNO4/c1-26-20(25)8-4-5-11-27-19-7-3-2-6-17(19)23-13-18(24)14-9-10-16(22)15(21)12-14/h2-3,6-7,9-10,12,23H,4-5,8,11,13H2,1H3. The molecule has 144 valence electrons. The smallest absolute Gasteiger partial charge is 0.305 e. The number of nitrogens with one attached hydrogen (secondary N) is 1. The number of anilines is 1. The van der Waals surface area contributed by atoms with Gasteiger partial charge in [-0.2, -0.15) is 0 Å². The quantitative estimate of drug-likeness (QED) is 0.307. The van der Waals surface area contributed by atoms with Crippen LogP contribution in [0.3, 0.4) is 0 Å². The summed E-state index contributed by atoms with van der Waals surface area (Å²) in [5, 5.41) is 3.68. The first-order valence-corrected chi connectivity index (χ1v) is 9.69. The van der Waals surface area contributed by atoms with Gasteiger partial charge in [-0.3, -0.25) is 9.59 Å². The number of para-hydroxylation sites is 2. The Labute approximate surface area is 172 Å². The second-order valence-electron chi connectivity index (χ2n) is 5.78. The van der Waals surface area contributed by atoms with Gasteiger partial charge in [0.15, 0.2) is 5.78 Å². The summed E-state index contributed by atoms with van der Waals surface area (Å²) in [5.41, 5.74) is 1.31. The Morgan fingerprint density at radius 3 is 2.67 bits per heavy atom. The van der Waals surface area contributed by atoms with Crippen LogP contribution in [0.15, 0.2) is 46.9 Å². The third-order valence-electron chi connectivity index (χ3n) is 3.83. The molecule has 0 saturated heterocycles. The molecule has 5 nitrogen and oxygen atoms in total. The molecule has 0 bridgehead atoms. The zero-order valence-electron chi connectivity index (χ0n) is 15.0. The van der Waals surface area contributed by atoms with E-state index in [2.05, 4.69) is 26.0 Å². The highest BCUT2D eigenvalue weighted by Gasteiger charge is 2.10. The van der Waals surface area contributed by atoms with Gasteiger partial charge in [0.1, 0.15) is 5.75 Å². The third-order valence-corrected chi connectivity index (χ3v) is 5.04. The number of hydrogen-bond acceptors (Lipinski definition) is 5. The summed E-state index contributed by atoms with van der Waals surface area (Å²) in [6.45, 7) is 0.616. The number of ketones is 1. The van der Waals surface area contributed by atoms with Crippen molar-refractivity contribution in [3.63, 3.8) is 0 Å². The van der Waals surface area contributed by atoms with Crippen LogP contribution in [0.2, 0.25) is 5.02 Å². The lowest BCUT2D eigenvalue weighted by atomic mass is 10.1. The molecule has 0 aliphatic heterocycles. The van der Waals surface area contributed by atoms with Crippen LogP contribution in [0.5, 0.6) is 5.75 Å². The lowest BCUT2D eigenvalue weighted by Gasteiger charge is -2.13. The fourth-order valence-electron chi connectivity index (χ4n) is 2.34. The van der Waals surface area contributed by atoms with Crippen molar-refractivity contribution in [3.8, 4) is 5.75 Å². The van der Waals surface area contributed by atoms with Crippen LogP contribution >= 0.6 is 27.5 Å². The van der Waals surface area contributed by atoms with Crippen LogP contribution in [0.25, 0.3) is 0 Å². The fourth-order valence-corrected chi connectivity index (χ4v) is 2.84. The molecule has 0 atom stereocenters. The molecule has 1 N–H and O–H groups in total. The molecule has 2 aromatic carbocycles. The summed E-state index contributed by atoms with van der Waals surface area (Å²) >= 11 is 9.28. The van der Waals surface area contributed by atoms with Gasteiger partial charge in [0.2, 0.25) is 0 Å². The van der Waals surface area contributed by atoms with E-state index >= 15 is 0 Å². The highest BCUT2D eigenvalue weighted by atomic mass is 79.9. The highest BCUT2D eigenvalue weighted by molar-refractivity contribution is 9.10. The van der Waals surface area contributed by atoms with E-state index in [1.54, 1.807) is 18.2 Å². The molecule has 0 fully saturated rings. The van der Waals surface area contributed by atoms with Crippen LogP contribution < -0.4 is 10.1 Å². The van der Waals surface area contributed by atoms with Crippen molar-refractivity contribution < 1.29 is 19.1 Å². The average Bonchev–Trinajstić information content (AvgIpc) is 2.68. The predicted octanol–water partition coefficient (Wildman–Crippen LogP) is 5.12. The molecule has 2 aromatic rings. The topological polar surface area (TPSA) is 64.6 Å². The normalized spacial score (nSPS) is 10.3. The molecule has 2 rings (SSSR count). The van der Waals surface area contributed by atoms with E-state index in [1.807, 2.05) is 24.3 Å². The van der Waals surface area contributed by atoms with Crippen LogP contribution in [-0.4, -0.2) is 32.0 Å². The molecule has 7 heteroatoms. The van der Waals surface area contributed by atoms with E-state index in [9.17, 15) is 9.59 Å². The number of unbranched alkanes of at least 4 members (excludes halogenated alkanes) is 1. The lowest BCUT2D eigenvalue weighted by molar-refractivity contribution is -0.140. The number of Topliss-reactive ketones (excluding diaryl/α,β-unsaturated/α-hetero) is 1. The molecule has 0 saturated carbocycles. The Morgan fingerprint density at radius 2 is 1.93 bits per heavy atom. The van der Waals surface area contributed by atoms with Gasteiger partial charge in [0.25, 0.3) is 0 Å². The summed E-state index contributed by atoms with van der Waals surface area (Å²) in [6, 6.07) is 12.5. The number of rotatable bonds is 10. The molecular formula is C20H21BrClNO4. The minimum absolute atomic E-state index is 0.0553. The van der Waals surface area contributed by atoms with Crippen LogP contribution in [-0.2, 0) is 9.53 Å². The molecule has 0 heterocycles. The van der Waals surface area contributed by atoms with Gasteiger partial charge >= 0.3 is 5.97 Å². The Hall–Kier alpha value is -2.05. The Balaban J connectivity index is 1.86. The molecular weight excluding hydrogens is 434 g/mol. The van der Waals surface area contributed by atoms with Gasteiger partial charge in [0, 0.05) is 16.5 Å². The molecule has 0 spiro atoms. The lowest BCUT2D eigenvalue weighted by Crippen LogP contribution is -2.15. The van der Waals surface area contributed by atoms with Gasteiger partial charge in [-0.1, -0.05) is 23.7 Å². The number of halogens is 2. The zero-order valence-corrected chi connectivity index (χ0v) is 17.3. The Morgan fingerprint density at radius 1 is 1.15 bits per heavy atom. The first-order chi connectivity index (χ1) is 13.0. The van der Waals surface area contributed by atoms with Crippen molar-refractivity contribution in [1.29, 1.82) is 0 Å². The summed E-state index contributed by atoms with van der Waals surface area (Å²) in [6.07, 6.45) is 1.82. The first kappa shape index (κ1) is 21.3. The van der Waals surface area contributed by atoms with Gasteiger partial charge in [-0.05, 0) is 59.1 Å². The van der Waals surface area contributed by atoms with Crippen molar-refractivity contribution in [2.45, 2.75) is 19.3 Å². The highest BCUT2D eigenvalue weighted by Crippen LogP contribution is 2.25. The molecule has 0 aromatic heterocycles. The monoisotopic (exact) mass is 453 g/mol. The number of carbonyl (C=O) groups is 2. The third kappa shape index (κ3) is 6.88. The number of benzene rings is 2. The number of methoxy groups -OCH3 is 1. The molecule has 27 heavy (non-hydrogen) atoms. The van der Waals surface area contributed by atoms with Gasteiger partial charge in [0.05, 0.1) is 31.0 Å². The maximum Gasteiger partial charge on any atom is 0.305 e. The van der Waals surface area contributed by atoms with Crippen molar-refractivity contribution in [1.82, 2.24) is 0 Å². The van der Waals surface area contributed by atoms with Crippen molar-refractivity contribution in [2.75, 3.05) is 25.6 Å². The van der Waals surface area contributed by atoms with Crippen molar-refractivity contribution in [3.05, 3.63) is 57.5 Å². The molecule has 0 aliphatic rings. The van der Waals surface area contributed by atoms with Crippen LogP contribution in [0, 0.1) is 0 Å². The Kier molecular flexibility index (Phi) is 8.61. The zero-order chi connectivity index (χ0) is 19.6. The van der Waals surface area contributed by atoms with Crippen LogP contribution in [0.1, 0.15) is 29.6 Å². The predicted molar refractivity (Wildman–Crippen MR) is 110 cm³/mol. The van der Waals surface area contributed by atoms with Gasteiger partial charge in [-0.15, -0.1) is 0 Å². The van der Waals surface area contributed by atoms with E-state index in [4.69, 9.17) is 16.3 Å². The summed E-state index contributed by atoms with van der Waals surface area (Å²) in [7, 11) is 1.38. The summed E-state index contributed by atoms with van der Waals surface area (Å²) in [5.74, 6) is 0.394. The first-order valence-electron chi connectivity index (χ1n) is 8.52. The van der Waals surface area contributed by atoms with Crippen molar-refractivity contribution >= 4 is 45.0 Å². The molecule has 0 aliphatic carbocycles. The number of hydrogen-bond donors (Lipinski definition) is 1.